The van der Waals surface area contributed by atoms with Crippen LogP contribution in [0.15, 0.2) is 22.6 Å². The molecule has 1 aromatic heterocycles. The van der Waals surface area contributed by atoms with E-state index in [9.17, 15) is 9.59 Å². The van der Waals surface area contributed by atoms with Crippen molar-refractivity contribution in [1.82, 2.24) is 10.2 Å². The summed E-state index contributed by atoms with van der Waals surface area (Å²) in [5.74, 6) is 0.169. The molecule has 1 aromatic carbocycles. The lowest BCUT2D eigenvalue weighted by Crippen LogP contribution is -2.38. The maximum atomic E-state index is 12.5. The quantitative estimate of drug-likeness (QED) is 0.947. The highest BCUT2D eigenvalue weighted by Gasteiger charge is 2.33. The van der Waals surface area contributed by atoms with Gasteiger partial charge in [-0.1, -0.05) is 11.6 Å². The number of rotatable bonds is 3. The van der Waals surface area contributed by atoms with Gasteiger partial charge in [0, 0.05) is 30.0 Å². The Morgan fingerprint density at radius 1 is 1.35 bits per heavy atom. The van der Waals surface area contributed by atoms with Crippen LogP contribution < -0.4 is 5.32 Å². The topological polar surface area (TPSA) is 62.6 Å². The second kappa shape index (κ2) is 5.72. The van der Waals surface area contributed by atoms with Crippen molar-refractivity contribution in [1.29, 1.82) is 0 Å². The summed E-state index contributed by atoms with van der Waals surface area (Å²) >= 11 is 0. The standard InChI is InChI=1S/C18H22N2O3/c1-10(2)20-9-13(8-16(20)21)19-18(22)17-12(4)14-7-11(3)5-6-15(14)23-17/h5-7,10,13H,8-9H2,1-4H3,(H,19,22)/t13-/m1/s1. The Balaban J connectivity index is 1.79. The summed E-state index contributed by atoms with van der Waals surface area (Å²) in [5.41, 5.74) is 2.68. The summed E-state index contributed by atoms with van der Waals surface area (Å²) in [6.07, 6.45) is 0.350. The molecule has 1 aliphatic heterocycles. The Kier molecular flexibility index (Phi) is 3.88. The molecule has 5 nitrogen and oxygen atoms in total. The highest BCUT2D eigenvalue weighted by Crippen LogP contribution is 2.26. The van der Waals surface area contributed by atoms with Gasteiger partial charge in [-0.25, -0.2) is 0 Å². The van der Waals surface area contributed by atoms with Crippen molar-refractivity contribution in [2.75, 3.05) is 6.54 Å². The molecule has 0 unspecified atom stereocenters. The van der Waals surface area contributed by atoms with Crippen LogP contribution in [0.1, 0.15) is 41.9 Å². The lowest BCUT2D eigenvalue weighted by Gasteiger charge is -2.21. The van der Waals surface area contributed by atoms with Gasteiger partial charge < -0.3 is 14.6 Å². The molecule has 3 rings (SSSR count). The van der Waals surface area contributed by atoms with Crippen LogP contribution in [-0.4, -0.2) is 35.3 Å². The Morgan fingerprint density at radius 3 is 2.74 bits per heavy atom. The number of nitrogens with zero attached hydrogens (tertiary/aromatic N) is 1. The molecule has 0 bridgehead atoms. The molecular weight excluding hydrogens is 292 g/mol. The van der Waals surface area contributed by atoms with E-state index in [0.29, 0.717) is 24.3 Å². The molecule has 1 aliphatic rings. The maximum Gasteiger partial charge on any atom is 0.287 e. The van der Waals surface area contributed by atoms with Crippen LogP contribution in [0.2, 0.25) is 0 Å². The van der Waals surface area contributed by atoms with Crippen molar-refractivity contribution in [3.8, 4) is 0 Å². The highest BCUT2D eigenvalue weighted by molar-refractivity contribution is 5.99. The Morgan fingerprint density at radius 2 is 2.09 bits per heavy atom. The minimum absolute atomic E-state index is 0.0854. The molecule has 2 amide bonds. The van der Waals surface area contributed by atoms with E-state index in [1.807, 2.05) is 45.9 Å². The van der Waals surface area contributed by atoms with Crippen molar-refractivity contribution >= 4 is 22.8 Å². The van der Waals surface area contributed by atoms with E-state index in [0.717, 1.165) is 16.5 Å². The fraction of sp³-hybridized carbons (Fsp3) is 0.444. The van der Waals surface area contributed by atoms with Gasteiger partial charge in [0.25, 0.3) is 5.91 Å². The van der Waals surface area contributed by atoms with Gasteiger partial charge in [0.15, 0.2) is 5.76 Å². The van der Waals surface area contributed by atoms with Crippen LogP contribution in [0.5, 0.6) is 0 Å². The van der Waals surface area contributed by atoms with Gasteiger partial charge in [0.05, 0.1) is 6.04 Å². The molecule has 1 atom stereocenters. The first-order valence-corrected chi connectivity index (χ1v) is 7.97. The van der Waals surface area contributed by atoms with Crippen LogP contribution in [0.4, 0.5) is 0 Å². The van der Waals surface area contributed by atoms with Gasteiger partial charge in [-0.15, -0.1) is 0 Å². The van der Waals surface area contributed by atoms with Gasteiger partial charge in [-0.3, -0.25) is 9.59 Å². The van der Waals surface area contributed by atoms with E-state index < -0.39 is 0 Å². The van der Waals surface area contributed by atoms with Gasteiger partial charge in [-0.05, 0) is 39.8 Å². The molecule has 5 heteroatoms. The first-order chi connectivity index (χ1) is 10.9. The third kappa shape index (κ3) is 2.83. The van der Waals surface area contributed by atoms with Crippen LogP contribution >= 0.6 is 0 Å². The van der Waals surface area contributed by atoms with Crippen LogP contribution in [-0.2, 0) is 4.79 Å². The highest BCUT2D eigenvalue weighted by atomic mass is 16.3. The molecule has 0 aliphatic carbocycles. The predicted octanol–water partition coefficient (Wildman–Crippen LogP) is 2.79. The summed E-state index contributed by atoms with van der Waals surface area (Å²) in [5, 5.41) is 3.89. The molecule has 0 saturated carbocycles. The van der Waals surface area contributed by atoms with Crippen LogP contribution in [0, 0.1) is 13.8 Å². The number of benzene rings is 1. The number of fused-ring (bicyclic) bond motifs is 1. The summed E-state index contributed by atoms with van der Waals surface area (Å²) in [6.45, 7) is 8.42. The number of likely N-dealkylation sites (tertiary alicyclic amines) is 1. The number of carbonyl (C=O) groups is 2. The van der Waals surface area contributed by atoms with Gasteiger partial charge >= 0.3 is 0 Å². The van der Waals surface area contributed by atoms with E-state index in [1.54, 1.807) is 4.90 Å². The normalized spacial score (nSPS) is 18.2. The van der Waals surface area contributed by atoms with E-state index >= 15 is 0 Å². The third-order valence-electron chi connectivity index (χ3n) is 4.41. The number of nitrogens with one attached hydrogen (secondary N) is 1. The number of hydrogen-bond donors (Lipinski definition) is 1. The zero-order chi connectivity index (χ0) is 16.7. The first kappa shape index (κ1) is 15.6. The molecular formula is C18H22N2O3. The van der Waals surface area contributed by atoms with E-state index in [2.05, 4.69) is 5.32 Å². The lowest BCUT2D eigenvalue weighted by atomic mass is 10.1. The van der Waals surface area contributed by atoms with Crippen molar-refractivity contribution in [3.05, 3.63) is 35.1 Å². The van der Waals surface area contributed by atoms with Crippen molar-refractivity contribution < 1.29 is 14.0 Å². The maximum absolute atomic E-state index is 12.5. The smallest absolute Gasteiger partial charge is 0.287 e. The molecule has 0 radical (unpaired) electrons. The van der Waals surface area contributed by atoms with Gasteiger partial charge in [-0.2, -0.15) is 0 Å². The molecule has 1 saturated heterocycles. The zero-order valence-electron chi connectivity index (χ0n) is 14.0. The molecule has 1 fully saturated rings. The predicted molar refractivity (Wildman–Crippen MR) is 88.4 cm³/mol. The SMILES string of the molecule is Cc1ccc2oc(C(=O)N[C@@H]3CC(=O)N(C(C)C)C3)c(C)c2c1. The van der Waals surface area contributed by atoms with Crippen molar-refractivity contribution in [3.63, 3.8) is 0 Å². The fourth-order valence-corrected chi connectivity index (χ4v) is 3.13. The van der Waals surface area contributed by atoms with Crippen LogP contribution in [0.3, 0.4) is 0 Å². The van der Waals surface area contributed by atoms with Crippen LogP contribution in [0.25, 0.3) is 11.0 Å². The largest absolute Gasteiger partial charge is 0.451 e. The molecule has 2 aromatic rings. The summed E-state index contributed by atoms with van der Waals surface area (Å²) in [4.78, 5) is 26.3. The number of amides is 2. The zero-order valence-corrected chi connectivity index (χ0v) is 14.0. The minimum atomic E-state index is -0.250. The van der Waals surface area contributed by atoms with Gasteiger partial charge in [0.1, 0.15) is 5.58 Å². The van der Waals surface area contributed by atoms with Crippen molar-refractivity contribution in [2.24, 2.45) is 0 Å². The average molecular weight is 314 g/mol. The van der Waals surface area contributed by atoms with E-state index in [1.165, 1.54) is 0 Å². The molecule has 2 heterocycles. The lowest BCUT2D eigenvalue weighted by molar-refractivity contribution is -0.129. The monoisotopic (exact) mass is 314 g/mol. The Bertz CT molecular complexity index is 776. The summed E-state index contributed by atoms with van der Waals surface area (Å²) in [6, 6.07) is 5.86. The van der Waals surface area contributed by atoms with Crippen molar-refractivity contribution in [2.45, 2.75) is 46.2 Å². The van der Waals surface area contributed by atoms with E-state index in [4.69, 9.17) is 4.42 Å². The number of carbonyl (C=O) groups excluding carboxylic acids is 2. The molecule has 0 spiro atoms. The van der Waals surface area contributed by atoms with Gasteiger partial charge in [0.2, 0.25) is 5.91 Å². The third-order valence-corrected chi connectivity index (χ3v) is 4.41. The second-order valence-corrected chi connectivity index (χ2v) is 6.57. The Labute approximate surface area is 135 Å². The average Bonchev–Trinajstić information content (AvgIpc) is 3.00. The van der Waals surface area contributed by atoms with E-state index in [-0.39, 0.29) is 23.9 Å². The number of hydrogen-bond acceptors (Lipinski definition) is 3. The summed E-state index contributed by atoms with van der Waals surface area (Å²) in [7, 11) is 0. The number of furan rings is 1. The molecule has 23 heavy (non-hydrogen) atoms. The molecule has 122 valence electrons. The fourth-order valence-electron chi connectivity index (χ4n) is 3.13. The Hall–Kier alpha value is -2.30. The molecule has 1 N–H and O–H groups in total. The number of aryl methyl sites for hydroxylation is 2. The second-order valence-electron chi connectivity index (χ2n) is 6.57. The summed E-state index contributed by atoms with van der Waals surface area (Å²) < 4.78 is 5.72. The minimum Gasteiger partial charge on any atom is -0.451 e. The first-order valence-electron chi connectivity index (χ1n) is 7.97.